The molecule has 2 aromatic carbocycles. The summed E-state index contributed by atoms with van der Waals surface area (Å²) in [6.07, 6.45) is 0. The normalized spacial score (nSPS) is 10.0. The third kappa shape index (κ3) is 4.13. The molecule has 0 aliphatic heterocycles. The summed E-state index contributed by atoms with van der Waals surface area (Å²) in [4.78, 5) is 11.9. The van der Waals surface area contributed by atoms with Gasteiger partial charge in [0, 0.05) is 17.4 Å². The number of ether oxygens (including phenoxy) is 1. The number of amides is 1. The SMILES string of the molecule is COc1cc(NCC(=O)Nc2ccccc2C)ccc1Cl. The van der Waals surface area contributed by atoms with E-state index in [-0.39, 0.29) is 12.5 Å². The van der Waals surface area contributed by atoms with E-state index in [4.69, 9.17) is 16.3 Å². The van der Waals surface area contributed by atoms with E-state index in [2.05, 4.69) is 10.6 Å². The molecule has 21 heavy (non-hydrogen) atoms. The summed E-state index contributed by atoms with van der Waals surface area (Å²) in [5, 5.41) is 6.43. The lowest BCUT2D eigenvalue weighted by molar-refractivity contribution is -0.114. The monoisotopic (exact) mass is 304 g/mol. The number of hydrogen-bond acceptors (Lipinski definition) is 3. The Bertz CT molecular complexity index is 644. The Morgan fingerprint density at radius 2 is 2.00 bits per heavy atom. The molecule has 2 N–H and O–H groups in total. The number of hydrogen-bond donors (Lipinski definition) is 2. The molecule has 1 amide bonds. The maximum absolute atomic E-state index is 11.9. The second-order valence-corrected chi connectivity index (χ2v) is 4.97. The van der Waals surface area contributed by atoms with E-state index < -0.39 is 0 Å². The predicted molar refractivity (Wildman–Crippen MR) is 86.3 cm³/mol. The molecule has 0 saturated heterocycles. The van der Waals surface area contributed by atoms with E-state index >= 15 is 0 Å². The van der Waals surface area contributed by atoms with Crippen LogP contribution in [0.3, 0.4) is 0 Å². The van der Waals surface area contributed by atoms with Crippen molar-refractivity contribution in [2.24, 2.45) is 0 Å². The molecule has 0 aromatic heterocycles. The van der Waals surface area contributed by atoms with Gasteiger partial charge in [-0.3, -0.25) is 4.79 Å². The van der Waals surface area contributed by atoms with Crippen LogP contribution in [0.4, 0.5) is 11.4 Å². The number of carbonyl (C=O) groups excluding carboxylic acids is 1. The van der Waals surface area contributed by atoms with Gasteiger partial charge in [-0.1, -0.05) is 29.8 Å². The van der Waals surface area contributed by atoms with Gasteiger partial charge < -0.3 is 15.4 Å². The zero-order chi connectivity index (χ0) is 15.2. The van der Waals surface area contributed by atoms with Gasteiger partial charge in [0.05, 0.1) is 18.7 Å². The summed E-state index contributed by atoms with van der Waals surface area (Å²) in [7, 11) is 1.55. The van der Waals surface area contributed by atoms with Crippen molar-refractivity contribution < 1.29 is 9.53 Å². The minimum atomic E-state index is -0.113. The minimum absolute atomic E-state index is 0.113. The summed E-state index contributed by atoms with van der Waals surface area (Å²) < 4.78 is 5.13. The van der Waals surface area contributed by atoms with E-state index in [0.29, 0.717) is 10.8 Å². The average Bonchev–Trinajstić information content (AvgIpc) is 2.49. The quantitative estimate of drug-likeness (QED) is 0.885. The Hall–Kier alpha value is -2.20. The highest BCUT2D eigenvalue weighted by Gasteiger charge is 2.06. The molecule has 2 aromatic rings. The fourth-order valence-electron chi connectivity index (χ4n) is 1.86. The number of anilines is 2. The van der Waals surface area contributed by atoms with Crippen molar-refractivity contribution in [1.29, 1.82) is 0 Å². The van der Waals surface area contributed by atoms with Crippen LogP contribution >= 0.6 is 11.6 Å². The van der Waals surface area contributed by atoms with Gasteiger partial charge in [-0.15, -0.1) is 0 Å². The molecule has 0 atom stereocenters. The van der Waals surface area contributed by atoms with Gasteiger partial charge in [0.2, 0.25) is 5.91 Å². The molecule has 0 heterocycles. The third-order valence-corrected chi connectivity index (χ3v) is 3.34. The molecular weight excluding hydrogens is 288 g/mol. The molecule has 0 radical (unpaired) electrons. The number of para-hydroxylation sites is 1. The first-order chi connectivity index (χ1) is 10.1. The lowest BCUT2D eigenvalue weighted by atomic mass is 10.2. The summed E-state index contributed by atoms with van der Waals surface area (Å²) in [5.41, 5.74) is 2.62. The standard InChI is InChI=1S/C16H17ClN2O2/c1-11-5-3-4-6-14(11)19-16(20)10-18-12-7-8-13(17)15(9-12)21-2/h3-9,18H,10H2,1-2H3,(H,19,20). The van der Waals surface area contributed by atoms with Crippen LogP contribution < -0.4 is 15.4 Å². The topological polar surface area (TPSA) is 50.4 Å². The van der Waals surface area contributed by atoms with Crippen LogP contribution in [-0.4, -0.2) is 19.6 Å². The van der Waals surface area contributed by atoms with Crippen molar-refractivity contribution in [3.05, 3.63) is 53.1 Å². The minimum Gasteiger partial charge on any atom is -0.495 e. The maximum atomic E-state index is 11.9. The first-order valence-electron chi connectivity index (χ1n) is 6.53. The van der Waals surface area contributed by atoms with E-state index in [1.165, 1.54) is 0 Å². The molecule has 0 aliphatic carbocycles. The van der Waals surface area contributed by atoms with Crippen molar-refractivity contribution in [2.75, 3.05) is 24.3 Å². The van der Waals surface area contributed by atoms with Crippen LogP contribution in [0.5, 0.6) is 5.75 Å². The molecule has 0 saturated carbocycles. The van der Waals surface area contributed by atoms with Crippen molar-refractivity contribution in [3.63, 3.8) is 0 Å². The lowest BCUT2D eigenvalue weighted by Gasteiger charge is -2.11. The Labute approximate surface area is 129 Å². The Balaban J connectivity index is 1.94. The van der Waals surface area contributed by atoms with Gasteiger partial charge in [-0.05, 0) is 30.7 Å². The molecule has 0 spiro atoms. The highest BCUT2D eigenvalue weighted by atomic mass is 35.5. The third-order valence-electron chi connectivity index (χ3n) is 3.02. The smallest absolute Gasteiger partial charge is 0.243 e. The molecular formula is C16H17ClN2O2. The maximum Gasteiger partial charge on any atom is 0.243 e. The van der Waals surface area contributed by atoms with Crippen molar-refractivity contribution in [1.82, 2.24) is 0 Å². The summed E-state index contributed by atoms with van der Waals surface area (Å²) in [6.45, 7) is 2.12. The zero-order valence-corrected chi connectivity index (χ0v) is 12.7. The number of benzene rings is 2. The average molecular weight is 305 g/mol. The first kappa shape index (κ1) is 15.2. The highest BCUT2D eigenvalue weighted by molar-refractivity contribution is 6.32. The van der Waals surface area contributed by atoms with Crippen LogP contribution in [0.2, 0.25) is 5.02 Å². The van der Waals surface area contributed by atoms with Gasteiger partial charge in [-0.2, -0.15) is 0 Å². The van der Waals surface area contributed by atoms with E-state index in [0.717, 1.165) is 16.9 Å². The number of methoxy groups -OCH3 is 1. The fourth-order valence-corrected chi connectivity index (χ4v) is 2.05. The van der Waals surface area contributed by atoms with Crippen LogP contribution in [-0.2, 0) is 4.79 Å². The predicted octanol–water partition coefficient (Wildman–Crippen LogP) is 3.71. The van der Waals surface area contributed by atoms with Crippen LogP contribution in [0, 0.1) is 6.92 Å². The molecule has 0 unspecified atom stereocenters. The molecule has 0 aliphatic rings. The molecule has 0 bridgehead atoms. The molecule has 4 nitrogen and oxygen atoms in total. The fraction of sp³-hybridized carbons (Fsp3) is 0.188. The highest BCUT2D eigenvalue weighted by Crippen LogP contribution is 2.27. The van der Waals surface area contributed by atoms with E-state index in [1.807, 2.05) is 31.2 Å². The number of carbonyl (C=O) groups is 1. The Kier molecular flexibility index (Phi) is 5.06. The van der Waals surface area contributed by atoms with Crippen molar-refractivity contribution >= 4 is 28.9 Å². The van der Waals surface area contributed by atoms with Gasteiger partial charge in [0.25, 0.3) is 0 Å². The molecule has 0 fully saturated rings. The zero-order valence-electron chi connectivity index (χ0n) is 11.9. The van der Waals surface area contributed by atoms with Gasteiger partial charge in [-0.25, -0.2) is 0 Å². The lowest BCUT2D eigenvalue weighted by Crippen LogP contribution is -2.22. The number of halogens is 1. The molecule has 5 heteroatoms. The van der Waals surface area contributed by atoms with Gasteiger partial charge >= 0.3 is 0 Å². The Morgan fingerprint density at radius 3 is 2.71 bits per heavy atom. The first-order valence-corrected chi connectivity index (χ1v) is 6.91. The van der Waals surface area contributed by atoms with Gasteiger partial charge in [0.1, 0.15) is 5.75 Å². The van der Waals surface area contributed by atoms with E-state index in [9.17, 15) is 4.79 Å². The largest absolute Gasteiger partial charge is 0.495 e. The second kappa shape index (κ2) is 6.99. The second-order valence-electron chi connectivity index (χ2n) is 4.57. The van der Waals surface area contributed by atoms with E-state index in [1.54, 1.807) is 25.3 Å². The number of nitrogens with one attached hydrogen (secondary N) is 2. The van der Waals surface area contributed by atoms with Gasteiger partial charge in [0.15, 0.2) is 0 Å². The van der Waals surface area contributed by atoms with Crippen molar-refractivity contribution in [3.8, 4) is 5.75 Å². The van der Waals surface area contributed by atoms with Crippen LogP contribution in [0.25, 0.3) is 0 Å². The number of rotatable bonds is 5. The van der Waals surface area contributed by atoms with Crippen LogP contribution in [0.1, 0.15) is 5.56 Å². The summed E-state index contributed by atoms with van der Waals surface area (Å²) >= 11 is 5.95. The summed E-state index contributed by atoms with van der Waals surface area (Å²) in [6, 6.07) is 12.9. The molecule has 2 rings (SSSR count). The molecule has 110 valence electrons. The summed E-state index contributed by atoms with van der Waals surface area (Å²) in [5.74, 6) is 0.458. The van der Waals surface area contributed by atoms with Crippen molar-refractivity contribution in [2.45, 2.75) is 6.92 Å². The Morgan fingerprint density at radius 1 is 1.24 bits per heavy atom. The van der Waals surface area contributed by atoms with Crippen LogP contribution in [0.15, 0.2) is 42.5 Å². The number of aryl methyl sites for hydroxylation is 1.